The Bertz CT molecular complexity index is 1310. The van der Waals surface area contributed by atoms with Crippen LogP contribution in [0, 0.1) is 11.8 Å². The highest BCUT2D eigenvalue weighted by atomic mass is 16.5. The average molecular weight is 472 g/mol. The number of nitrogens with zero attached hydrogens (tertiary/aromatic N) is 1. The molecule has 1 spiro atoms. The number of hydrogen-bond acceptors (Lipinski definition) is 4. The van der Waals surface area contributed by atoms with E-state index in [1.807, 2.05) is 72.6 Å². The zero-order chi connectivity index (χ0) is 24.2. The molecule has 2 bridgehead atoms. The van der Waals surface area contributed by atoms with E-state index in [9.17, 15) is 9.59 Å². The number of amides is 2. The number of carbonyl (C=O) groups is 2. The number of benzene rings is 2. The second-order valence-corrected chi connectivity index (χ2v) is 9.72. The number of H-pyrrole nitrogens is 1. The van der Waals surface area contributed by atoms with Gasteiger partial charge in [-0.3, -0.25) is 9.59 Å². The van der Waals surface area contributed by atoms with Crippen LogP contribution < -0.4 is 10.1 Å². The number of nitrogens with one attached hydrogen (secondary N) is 2. The van der Waals surface area contributed by atoms with Crippen LogP contribution in [0.4, 0.5) is 0 Å². The van der Waals surface area contributed by atoms with E-state index < -0.39 is 17.4 Å². The molecule has 3 aliphatic rings. The van der Waals surface area contributed by atoms with Gasteiger partial charge in [0.25, 0.3) is 0 Å². The molecule has 7 nitrogen and oxygen atoms in total. The second-order valence-electron chi connectivity index (χ2n) is 9.72. The summed E-state index contributed by atoms with van der Waals surface area (Å²) in [5.74, 6) is -0.358. The van der Waals surface area contributed by atoms with Crippen molar-refractivity contribution in [3.8, 4) is 5.75 Å². The molecule has 0 unspecified atom stereocenters. The lowest BCUT2D eigenvalue weighted by molar-refractivity contribution is -0.138. The quantitative estimate of drug-likeness (QED) is 0.518. The third-order valence-electron chi connectivity index (χ3n) is 7.87. The first-order valence-electron chi connectivity index (χ1n) is 12.1. The van der Waals surface area contributed by atoms with Crippen LogP contribution in [0.15, 0.2) is 66.9 Å². The lowest BCUT2D eigenvalue weighted by atomic mass is 9.77. The number of methoxy groups -OCH3 is 1. The van der Waals surface area contributed by atoms with E-state index in [2.05, 4.69) is 16.4 Å². The van der Waals surface area contributed by atoms with Crippen molar-refractivity contribution in [2.24, 2.45) is 11.8 Å². The monoisotopic (exact) mass is 471 g/mol. The van der Waals surface area contributed by atoms with Gasteiger partial charge in [-0.05, 0) is 42.7 Å². The largest absolute Gasteiger partial charge is 0.497 e. The third kappa shape index (κ3) is 3.45. The van der Waals surface area contributed by atoms with Crippen molar-refractivity contribution in [3.05, 3.63) is 78.0 Å². The Balaban J connectivity index is 1.16. The van der Waals surface area contributed by atoms with Gasteiger partial charge in [0, 0.05) is 23.6 Å². The summed E-state index contributed by atoms with van der Waals surface area (Å²) in [5, 5.41) is 4.25. The molecule has 2 amide bonds. The van der Waals surface area contributed by atoms with Crippen molar-refractivity contribution in [1.29, 1.82) is 0 Å². The molecule has 2 N–H and O–H groups in total. The molecule has 2 saturated heterocycles. The number of rotatable bonds is 7. The van der Waals surface area contributed by atoms with Crippen LogP contribution in [0.2, 0.25) is 0 Å². The molecule has 180 valence electrons. The molecule has 7 heteroatoms. The van der Waals surface area contributed by atoms with Gasteiger partial charge >= 0.3 is 0 Å². The van der Waals surface area contributed by atoms with Crippen LogP contribution in [0.3, 0.4) is 0 Å². The summed E-state index contributed by atoms with van der Waals surface area (Å²) in [7, 11) is 1.63. The first-order valence-corrected chi connectivity index (χ1v) is 12.1. The van der Waals surface area contributed by atoms with Crippen LogP contribution in [0.5, 0.6) is 5.75 Å². The van der Waals surface area contributed by atoms with Gasteiger partial charge in [-0.25, -0.2) is 0 Å². The van der Waals surface area contributed by atoms with Gasteiger partial charge in [-0.15, -0.1) is 0 Å². The number of hydrogen-bond donors (Lipinski definition) is 2. The molecule has 0 radical (unpaired) electrons. The summed E-state index contributed by atoms with van der Waals surface area (Å²) in [5.41, 5.74) is 2.55. The van der Waals surface area contributed by atoms with Crippen molar-refractivity contribution in [3.63, 3.8) is 0 Å². The van der Waals surface area contributed by atoms with Gasteiger partial charge in [0.05, 0.1) is 37.6 Å². The van der Waals surface area contributed by atoms with Gasteiger partial charge < -0.3 is 24.7 Å². The average Bonchev–Trinajstić information content (AvgIpc) is 3.63. The first-order chi connectivity index (χ1) is 17.0. The summed E-state index contributed by atoms with van der Waals surface area (Å²) in [4.78, 5) is 32.1. The van der Waals surface area contributed by atoms with Crippen LogP contribution >= 0.6 is 0 Å². The molecular formula is C28H29N3O4. The van der Waals surface area contributed by atoms with Gasteiger partial charge in [0.15, 0.2) is 0 Å². The molecule has 0 saturated carbocycles. The van der Waals surface area contributed by atoms with Crippen LogP contribution in [0.25, 0.3) is 10.9 Å². The van der Waals surface area contributed by atoms with E-state index in [-0.39, 0.29) is 24.0 Å². The second kappa shape index (κ2) is 8.27. The number of ether oxygens (including phenoxy) is 2. The van der Waals surface area contributed by atoms with Gasteiger partial charge in [0.1, 0.15) is 11.4 Å². The van der Waals surface area contributed by atoms with Crippen LogP contribution in [-0.2, 0) is 20.7 Å². The number of carbonyl (C=O) groups excluding carboxylic acids is 2. The third-order valence-corrected chi connectivity index (χ3v) is 7.87. The molecule has 35 heavy (non-hydrogen) atoms. The molecule has 6 rings (SSSR count). The smallest absolute Gasteiger partial charge is 0.230 e. The van der Waals surface area contributed by atoms with E-state index in [0.29, 0.717) is 19.5 Å². The lowest BCUT2D eigenvalue weighted by Gasteiger charge is -2.28. The number of aromatic amines is 1. The molecular weight excluding hydrogens is 442 g/mol. The fourth-order valence-corrected chi connectivity index (χ4v) is 5.99. The SMILES string of the molecule is COc1ccc([C@H](C)N2C[C@]34C=C[C@@H](O3)[C@@H](C(=O)NCCc3c[nH]c5ccccc35)[C@@H]4C2=O)cc1. The standard InChI is InChI=1S/C28H29N3O4/c1-17(18-7-9-20(34-2)10-8-18)31-16-28-13-11-23(35-28)24(25(28)27(31)33)26(32)29-14-12-19-15-30-22-6-4-3-5-21(19)22/h3-11,13,15,17,23-25,30H,12,14,16H2,1-2H3,(H,29,32)/t17-,23+,24+,25+,28-/m0/s1. The topological polar surface area (TPSA) is 83.7 Å². The van der Waals surface area contributed by atoms with Crippen LogP contribution in [0.1, 0.15) is 24.1 Å². The van der Waals surface area contributed by atoms with Gasteiger partial charge in [-0.2, -0.15) is 0 Å². The maximum absolute atomic E-state index is 13.6. The van der Waals surface area contributed by atoms with E-state index in [0.717, 1.165) is 22.4 Å². The summed E-state index contributed by atoms with van der Waals surface area (Å²) in [6.07, 6.45) is 6.31. The van der Waals surface area contributed by atoms with Crippen molar-refractivity contribution < 1.29 is 19.1 Å². The minimum Gasteiger partial charge on any atom is -0.497 e. The summed E-state index contributed by atoms with van der Waals surface area (Å²) < 4.78 is 11.5. The minimum absolute atomic E-state index is 0.0167. The summed E-state index contributed by atoms with van der Waals surface area (Å²) in [6, 6.07) is 15.8. The van der Waals surface area contributed by atoms with E-state index >= 15 is 0 Å². The van der Waals surface area contributed by atoms with Crippen molar-refractivity contribution in [1.82, 2.24) is 15.2 Å². The maximum Gasteiger partial charge on any atom is 0.230 e. The minimum atomic E-state index is -0.721. The maximum atomic E-state index is 13.6. The highest BCUT2D eigenvalue weighted by Crippen LogP contribution is 2.53. The van der Waals surface area contributed by atoms with Crippen LogP contribution in [-0.4, -0.2) is 53.6 Å². The molecule has 3 aliphatic heterocycles. The van der Waals surface area contributed by atoms with E-state index in [1.165, 1.54) is 5.39 Å². The number of fused-ring (bicyclic) bond motifs is 2. The van der Waals surface area contributed by atoms with Crippen molar-refractivity contribution >= 4 is 22.7 Å². The van der Waals surface area contributed by atoms with Gasteiger partial charge in [-0.1, -0.05) is 42.5 Å². The molecule has 2 fully saturated rings. The Morgan fingerprint density at radius 1 is 1.26 bits per heavy atom. The molecule has 4 heterocycles. The molecule has 1 aromatic heterocycles. The molecule has 3 aromatic rings. The molecule has 2 aromatic carbocycles. The van der Waals surface area contributed by atoms with Gasteiger partial charge in [0.2, 0.25) is 11.8 Å². The predicted molar refractivity (Wildman–Crippen MR) is 132 cm³/mol. The fraction of sp³-hybridized carbons (Fsp3) is 0.357. The fourth-order valence-electron chi connectivity index (χ4n) is 5.99. The number of para-hydroxylation sites is 1. The Hall–Kier alpha value is -3.58. The van der Waals surface area contributed by atoms with E-state index in [1.54, 1.807) is 7.11 Å². The Morgan fingerprint density at radius 2 is 2.06 bits per heavy atom. The highest BCUT2D eigenvalue weighted by molar-refractivity contribution is 5.93. The first kappa shape index (κ1) is 21.9. The number of aromatic nitrogens is 1. The Morgan fingerprint density at radius 3 is 2.86 bits per heavy atom. The highest BCUT2D eigenvalue weighted by Gasteiger charge is 2.67. The number of likely N-dealkylation sites (tertiary alicyclic amines) is 1. The van der Waals surface area contributed by atoms with E-state index in [4.69, 9.17) is 9.47 Å². The zero-order valence-electron chi connectivity index (χ0n) is 19.9. The van der Waals surface area contributed by atoms with Crippen molar-refractivity contribution in [2.75, 3.05) is 20.2 Å². The summed E-state index contributed by atoms with van der Waals surface area (Å²) >= 11 is 0. The predicted octanol–water partition coefficient (Wildman–Crippen LogP) is 3.38. The molecule has 5 atom stereocenters. The Kier molecular flexibility index (Phi) is 5.18. The molecule has 0 aliphatic carbocycles. The summed E-state index contributed by atoms with van der Waals surface area (Å²) in [6.45, 7) is 2.98. The zero-order valence-corrected chi connectivity index (χ0v) is 19.9. The Labute approximate surface area is 204 Å². The van der Waals surface area contributed by atoms with Crippen molar-refractivity contribution in [2.45, 2.75) is 31.1 Å². The normalized spacial score (nSPS) is 27.4. The lowest BCUT2D eigenvalue weighted by Crippen LogP contribution is -2.44.